The average molecular weight is 532 g/mol. The fourth-order valence-corrected chi connectivity index (χ4v) is 4.93. The van der Waals surface area contributed by atoms with Crippen LogP contribution in [0.3, 0.4) is 0 Å². The third-order valence-electron chi connectivity index (χ3n) is 5.87. The molecule has 1 atom stereocenters. The van der Waals surface area contributed by atoms with E-state index in [-0.39, 0.29) is 31.2 Å². The Hall–Kier alpha value is -3.07. The molecule has 2 aromatic rings. The number of para-hydroxylation sites is 2. The lowest BCUT2D eigenvalue weighted by Gasteiger charge is -2.30. The van der Waals surface area contributed by atoms with E-state index in [0.29, 0.717) is 37.1 Å². The summed E-state index contributed by atoms with van der Waals surface area (Å²) >= 11 is 0. The molecule has 1 unspecified atom stereocenters. The van der Waals surface area contributed by atoms with Crippen LogP contribution < -0.4 is 14.4 Å². The fourth-order valence-electron chi connectivity index (χ4n) is 3.97. The predicted molar refractivity (Wildman–Crippen MR) is 148 cm³/mol. The third-order valence-corrected chi connectivity index (χ3v) is 7.05. The van der Waals surface area contributed by atoms with Crippen LogP contribution in [0.4, 0.5) is 5.69 Å². The molecule has 0 fully saturated rings. The number of amides is 2. The summed E-state index contributed by atoms with van der Waals surface area (Å²) in [5.41, 5.74) is 2.44. The van der Waals surface area contributed by atoms with Crippen molar-refractivity contribution in [1.29, 1.82) is 0 Å². The molecule has 0 bridgehead atoms. The van der Waals surface area contributed by atoms with Crippen molar-refractivity contribution in [2.45, 2.75) is 60.0 Å². The number of sulfonamides is 1. The van der Waals surface area contributed by atoms with Gasteiger partial charge < -0.3 is 15.0 Å². The van der Waals surface area contributed by atoms with Crippen LogP contribution in [0.15, 0.2) is 48.5 Å². The first kappa shape index (κ1) is 30.2. The Morgan fingerprint density at radius 1 is 1.05 bits per heavy atom. The number of nitrogens with one attached hydrogen (secondary N) is 1. The fraction of sp³-hybridized carbons (Fsp3) is 0.500. The summed E-state index contributed by atoms with van der Waals surface area (Å²) in [6.45, 7) is 10.9. The standard InChI is InChI=1S/C28H41N3O5S/c1-7-36-26-15-9-8-14-25(26)31(37(6,34)35)17-11-16-27(32)30(20-24-13-10-12-22(4)18-24)23(5)28(33)29-19-21(2)3/h8-10,12-15,18,21,23H,7,11,16-17,19-20H2,1-6H3,(H,29,33). The minimum Gasteiger partial charge on any atom is -0.492 e. The van der Waals surface area contributed by atoms with Crippen molar-refractivity contribution in [2.75, 3.05) is 30.3 Å². The third kappa shape index (κ3) is 9.39. The molecule has 0 aliphatic rings. The second kappa shape index (κ2) is 14.0. The van der Waals surface area contributed by atoms with Crippen LogP contribution >= 0.6 is 0 Å². The maximum Gasteiger partial charge on any atom is 0.242 e. The number of hydrogen-bond acceptors (Lipinski definition) is 5. The number of anilines is 1. The van der Waals surface area contributed by atoms with Gasteiger partial charge in [0.15, 0.2) is 0 Å². The highest BCUT2D eigenvalue weighted by Gasteiger charge is 2.27. The van der Waals surface area contributed by atoms with E-state index in [1.54, 1.807) is 36.1 Å². The van der Waals surface area contributed by atoms with Crippen LogP contribution in [0.25, 0.3) is 0 Å². The predicted octanol–water partition coefficient (Wildman–Crippen LogP) is 4.13. The number of carbonyl (C=O) groups excluding carboxylic acids is 2. The SMILES string of the molecule is CCOc1ccccc1N(CCCC(=O)N(Cc1cccc(C)c1)C(C)C(=O)NCC(C)C)S(C)(=O)=O. The number of rotatable bonds is 14. The van der Waals surface area contributed by atoms with E-state index in [4.69, 9.17) is 4.74 Å². The van der Waals surface area contributed by atoms with Crippen LogP contribution in [0.2, 0.25) is 0 Å². The first-order valence-electron chi connectivity index (χ1n) is 12.8. The Balaban J connectivity index is 2.20. The molecule has 8 nitrogen and oxygen atoms in total. The van der Waals surface area contributed by atoms with Crippen molar-refractivity contribution in [3.63, 3.8) is 0 Å². The highest BCUT2D eigenvalue weighted by Crippen LogP contribution is 2.30. The number of ether oxygens (including phenoxy) is 1. The van der Waals surface area contributed by atoms with Crippen LogP contribution in [0.1, 0.15) is 51.7 Å². The normalized spacial score (nSPS) is 12.2. The van der Waals surface area contributed by atoms with Crippen molar-refractivity contribution < 1.29 is 22.7 Å². The molecular weight excluding hydrogens is 490 g/mol. The van der Waals surface area contributed by atoms with Gasteiger partial charge in [0.25, 0.3) is 0 Å². The number of aryl methyl sites for hydroxylation is 1. The molecule has 2 rings (SSSR count). The monoisotopic (exact) mass is 531 g/mol. The van der Waals surface area contributed by atoms with E-state index >= 15 is 0 Å². The van der Waals surface area contributed by atoms with Crippen molar-refractivity contribution >= 4 is 27.5 Å². The van der Waals surface area contributed by atoms with Gasteiger partial charge >= 0.3 is 0 Å². The lowest BCUT2D eigenvalue weighted by Crippen LogP contribution is -2.48. The Morgan fingerprint density at radius 2 is 1.76 bits per heavy atom. The van der Waals surface area contributed by atoms with Crippen molar-refractivity contribution in [2.24, 2.45) is 5.92 Å². The molecule has 204 valence electrons. The minimum absolute atomic E-state index is 0.0937. The summed E-state index contributed by atoms with van der Waals surface area (Å²) in [4.78, 5) is 27.8. The van der Waals surface area contributed by atoms with Crippen LogP contribution in [-0.2, 0) is 26.2 Å². The summed E-state index contributed by atoms with van der Waals surface area (Å²) in [5, 5.41) is 2.91. The lowest BCUT2D eigenvalue weighted by molar-refractivity contribution is -0.140. The smallest absolute Gasteiger partial charge is 0.242 e. The molecular formula is C28H41N3O5S. The van der Waals surface area contributed by atoms with E-state index in [0.717, 1.165) is 17.4 Å². The quantitative estimate of drug-likeness (QED) is 0.396. The van der Waals surface area contributed by atoms with Crippen LogP contribution in [0, 0.1) is 12.8 Å². The number of benzene rings is 2. The summed E-state index contributed by atoms with van der Waals surface area (Å²) in [5.74, 6) is 0.343. The van der Waals surface area contributed by atoms with E-state index in [2.05, 4.69) is 5.32 Å². The lowest BCUT2D eigenvalue weighted by atomic mass is 10.1. The zero-order valence-electron chi connectivity index (χ0n) is 22.9. The number of hydrogen-bond donors (Lipinski definition) is 1. The van der Waals surface area contributed by atoms with E-state index in [9.17, 15) is 18.0 Å². The molecule has 0 aliphatic carbocycles. The molecule has 1 N–H and O–H groups in total. The van der Waals surface area contributed by atoms with Gasteiger partial charge in [-0.2, -0.15) is 0 Å². The van der Waals surface area contributed by atoms with Gasteiger partial charge in [0.2, 0.25) is 21.8 Å². The first-order valence-corrected chi connectivity index (χ1v) is 14.6. The number of nitrogens with zero attached hydrogens (tertiary/aromatic N) is 2. The second-order valence-electron chi connectivity index (χ2n) is 9.67. The van der Waals surface area contributed by atoms with Crippen LogP contribution in [0.5, 0.6) is 5.75 Å². The second-order valence-corrected chi connectivity index (χ2v) is 11.6. The van der Waals surface area contributed by atoms with Crippen molar-refractivity contribution in [3.05, 3.63) is 59.7 Å². The number of carbonyl (C=O) groups is 2. The topological polar surface area (TPSA) is 96.0 Å². The molecule has 0 saturated carbocycles. The summed E-state index contributed by atoms with van der Waals surface area (Å²) < 4.78 is 32.1. The summed E-state index contributed by atoms with van der Waals surface area (Å²) in [6.07, 6.45) is 1.52. The van der Waals surface area contributed by atoms with Crippen molar-refractivity contribution in [1.82, 2.24) is 10.2 Å². The molecule has 0 aromatic heterocycles. The van der Waals surface area contributed by atoms with E-state index in [1.165, 1.54) is 4.31 Å². The minimum atomic E-state index is -3.61. The molecule has 0 saturated heterocycles. The van der Waals surface area contributed by atoms with Gasteiger partial charge in [-0.3, -0.25) is 13.9 Å². The molecule has 2 amide bonds. The largest absolute Gasteiger partial charge is 0.492 e. The average Bonchev–Trinajstić information content (AvgIpc) is 2.83. The summed E-state index contributed by atoms with van der Waals surface area (Å²) in [6, 6.07) is 14.1. The molecule has 2 aromatic carbocycles. The van der Waals surface area contributed by atoms with Crippen LogP contribution in [-0.4, -0.2) is 57.1 Å². The molecule has 37 heavy (non-hydrogen) atoms. The van der Waals surface area contributed by atoms with Gasteiger partial charge in [-0.05, 0) is 50.8 Å². The van der Waals surface area contributed by atoms with Gasteiger partial charge in [0.05, 0.1) is 18.6 Å². The van der Waals surface area contributed by atoms with Gasteiger partial charge in [-0.15, -0.1) is 0 Å². The van der Waals surface area contributed by atoms with Gasteiger partial charge in [0.1, 0.15) is 11.8 Å². The van der Waals surface area contributed by atoms with Gasteiger partial charge in [-0.25, -0.2) is 8.42 Å². The van der Waals surface area contributed by atoms with Crippen molar-refractivity contribution in [3.8, 4) is 5.75 Å². The Labute approximate surface area is 222 Å². The van der Waals surface area contributed by atoms with E-state index < -0.39 is 16.1 Å². The molecule has 0 spiro atoms. The first-order chi connectivity index (χ1) is 17.4. The molecule has 0 radical (unpaired) electrons. The zero-order chi connectivity index (χ0) is 27.6. The van der Waals surface area contributed by atoms with E-state index in [1.807, 2.05) is 52.0 Å². The highest BCUT2D eigenvalue weighted by molar-refractivity contribution is 7.92. The Bertz CT molecular complexity index is 1150. The highest BCUT2D eigenvalue weighted by atomic mass is 32.2. The molecule has 9 heteroatoms. The summed E-state index contributed by atoms with van der Waals surface area (Å²) in [7, 11) is -3.61. The maximum absolute atomic E-state index is 13.4. The Morgan fingerprint density at radius 3 is 2.38 bits per heavy atom. The van der Waals surface area contributed by atoms with Gasteiger partial charge in [0, 0.05) is 26.1 Å². The van der Waals surface area contributed by atoms with Gasteiger partial charge in [-0.1, -0.05) is 55.8 Å². The maximum atomic E-state index is 13.4. The molecule has 0 heterocycles. The zero-order valence-corrected chi connectivity index (χ0v) is 23.7. The molecule has 0 aliphatic heterocycles. The Kier molecular flexibility index (Phi) is 11.4.